The third-order valence-electron chi connectivity index (χ3n) is 2.53. The minimum Gasteiger partial charge on any atom is -0.478 e. The lowest BCUT2D eigenvalue weighted by Gasteiger charge is -1.98. The molecule has 0 saturated carbocycles. The Morgan fingerprint density at radius 3 is 1.87 bits per heavy atom. The molecule has 0 aliphatic heterocycles. The van der Waals surface area contributed by atoms with Gasteiger partial charge in [-0.2, -0.15) is 0 Å². The number of nitrogen functional groups attached to an aromatic ring is 1. The number of hydrogen-bond donors (Lipinski definition) is 3. The zero-order valence-corrected chi connectivity index (χ0v) is 13.0. The van der Waals surface area contributed by atoms with E-state index in [-0.39, 0.29) is 26.9 Å². The number of anilines is 1. The lowest BCUT2D eigenvalue weighted by Crippen LogP contribution is -1.98. The van der Waals surface area contributed by atoms with Crippen LogP contribution in [0.15, 0.2) is 36.4 Å². The Morgan fingerprint density at radius 2 is 1.43 bits per heavy atom. The third kappa shape index (κ3) is 5.18. The predicted molar refractivity (Wildman–Crippen MR) is 87.5 cm³/mol. The van der Waals surface area contributed by atoms with Crippen LogP contribution < -0.4 is 5.73 Å². The Labute approximate surface area is 141 Å². The van der Waals surface area contributed by atoms with Crippen LogP contribution in [-0.4, -0.2) is 22.2 Å². The quantitative estimate of drug-likeness (QED) is 0.554. The highest BCUT2D eigenvalue weighted by atomic mass is 35.5. The van der Waals surface area contributed by atoms with Gasteiger partial charge in [0.25, 0.3) is 0 Å². The van der Waals surface area contributed by atoms with Crippen LogP contribution in [0.3, 0.4) is 0 Å². The van der Waals surface area contributed by atoms with Gasteiger partial charge in [0.05, 0.1) is 27.7 Å². The topological polar surface area (TPSA) is 105 Å². The molecule has 0 aromatic heterocycles. The van der Waals surface area contributed by atoms with Crippen LogP contribution in [-0.2, 0) is 0 Å². The molecule has 0 aliphatic rings. The SMILES string of the molecule is Nc1ccc(Cl)c(C(=O)O)c1.[C-]#[N+]c1ccc(Cl)c(C(=O)O)c1. The predicted octanol–water partition coefficient (Wildman–Crippen LogP) is 4.21. The van der Waals surface area contributed by atoms with Crippen molar-refractivity contribution in [3.05, 3.63) is 69.0 Å². The molecule has 23 heavy (non-hydrogen) atoms. The molecule has 0 aliphatic carbocycles. The van der Waals surface area contributed by atoms with E-state index in [0.717, 1.165) is 0 Å². The average Bonchev–Trinajstić information content (AvgIpc) is 2.50. The summed E-state index contributed by atoms with van der Waals surface area (Å²) in [7, 11) is 0. The zero-order chi connectivity index (χ0) is 17.6. The molecule has 6 nitrogen and oxygen atoms in total. The molecule has 8 heteroatoms. The molecule has 0 radical (unpaired) electrons. The number of aromatic carboxylic acids is 2. The first-order valence-corrected chi connectivity index (χ1v) is 6.70. The van der Waals surface area contributed by atoms with Crippen LogP contribution >= 0.6 is 23.2 Å². The van der Waals surface area contributed by atoms with Crippen LogP contribution in [0, 0.1) is 6.57 Å². The van der Waals surface area contributed by atoms with Gasteiger partial charge in [0.2, 0.25) is 0 Å². The van der Waals surface area contributed by atoms with Crippen LogP contribution in [0.25, 0.3) is 4.85 Å². The summed E-state index contributed by atoms with van der Waals surface area (Å²) in [5, 5.41) is 17.5. The third-order valence-corrected chi connectivity index (χ3v) is 3.19. The van der Waals surface area contributed by atoms with E-state index >= 15 is 0 Å². The Morgan fingerprint density at radius 1 is 0.957 bits per heavy atom. The lowest BCUT2D eigenvalue weighted by atomic mass is 10.2. The maximum atomic E-state index is 10.5. The van der Waals surface area contributed by atoms with Gasteiger partial charge in [0, 0.05) is 5.69 Å². The van der Waals surface area contributed by atoms with Crippen LogP contribution in [0.1, 0.15) is 20.7 Å². The maximum Gasteiger partial charge on any atom is 0.337 e. The van der Waals surface area contributed by atoms with Gasteiger partial charge in [-0.05, 0) is 24.3 Å². The van der Waals surface area contributed by atoms with Crippen molar-refractivity contribution in [3.8, 4) is 0 Å². The van der Waals surface area contributed by atoms with Crippen LogP contribution in [0.2, 0.25) is 10.0 Å². The van der Waals surface area contributed by atoms with Gasteiger partial charge in [-0.3, -0.25) is 0 Å². The van der Waals surface area contributed by atoms with E-state index in [1.54, 1.807) is 6.07 Å². The first-order chi connectivity index (χ1) is 10.8. The van der Waals surface area contributed by atoms with E-state index in [4.69, 9.17) is 45.7 Å². The van der Waals surface area contributed by atoms with Gasteiger partial charge < -0.3 is 15.9 Å². The molecular formula is C15H10Cl2N2O4. The molecular weight excluding hydrogens is 343 g/mol. The number of carboxylic acids is 2. The summed E-state index contributed by atoms with van der Waals surface area (Å²) in [4.78, 5) is 24.0. The number of rotatable bonds is 2. The van der Waals surface area contributed by atoms with Gasteiger partial charge in [0.15, 0.2) is 5.69 Å². The number of carbonyl (C=O) groups is 2. The molecule has 0 unspecified atom stereocenters. The van der Waals surface area contributed by atoms with Gasteiger partial charge in [-0.15, -0.1) is 0 Å². The largest absolute Gasteiger partial charge is 0.478 e. The maximum absolute atomic E-state index is 10.5. The molecule has 0 saturated heterocycles. The van der Waals surface area contributed by atoms with Crippen molar-refractivity contribution in [2.75, 3.05) is 5.73 Å². The Balaban J connectivity index is 0.000000231. The van der Waals surface area contributed by atoms with E-state index in [9.17, 15) is 9.59 Å². The number of nitrogens with zero attached hydrogens (tertiary/aromatic N) is 1. The number of hydrogen-bond acceptors (Lipinski definition) is 3. The Kier molecular flexibility index (Phi) is 6.39. The van der Waals surface area contributed by atoms with E-state index < -0.39 is 11.9 Å². The minimum absolute atomic E-state index is 0.0340. The van der Waals surface area contributed by atoms with E-state index in [1.807, 2.05) is 0 Å². The summed E-state index contributed by atoms with van der Waals surface area (Å²) in [6.45, 7) is 6.64. The number of nitrogens with two attached hydrogens (primary N) is 1. The van der Waals surface area contributed by atoms with Crippen molar-refractivity contribution in [1.82, 2.24) is 0 Å². The summed E-state index contributed by atoms with van der Waals surface area (Å²) in [6, 6.07) is 8.46. The number of benzene rings is 2. The molecule has 2 aromatic rings. The highest BCUT2D eigenvalue weighted by Crippen LogP contribution is 2.22. The summed E-state index contributed by atoms with van der Waals surface area (Å²) in [5.41, 5.74) is 6.01. The van der Waals surface area contributed by atoms with Crippen molar-refractivity contribution < 1.29 is 19.8 Å². The van der Waals surface area contributed by atoms with E-state index in [1.165, 1.54) is 30.3 Å². The summed E-state index contributed by atoms with van der Waals surface area (Å²) in [5.74, 6) is -2.19. The van der Waals surface area contributed by atoms with Crippen molar-refractivity contribution in [2.45, 2.75) is 0 Å². The second-order valence-electron chi connectivity index (χ2n) is 4.13. The standard InChI is InChI=1S/C8H4ClNO2.C7H6ClNO2/c1-10-5-2-3-7(9)6(4-5)8(11)12;8-6-2-1-4(9)3-5(6)7(10)11/h2-4H,(H,11,12);1-3H,9H2,(H,10,11). The molecule has 118 valence electrons. The van der Waals surface area contributed by atoms with Crippen molar-refractivity contribution in [2.24, 2.45) is 0 Å². The molecule has 0 spiro atoms. The molecule has 0 heterocycles. The first-order valence-electron chi connectivity index (χ1n) is 5.95. The lowest BCUT2D eigenvalue weighted by molar-refractivity contribution is 0.0686. The second kappa shape index (κ2) is 8.03. The molecule has 4 N–H and O–H groups in total. The Bertz CT molecular complexity index is 801. The minimum atomic E-state index is -1.12. The monoisotopic (exact) mass is 352 g/mol. The second-order valence-corrected chi connectivity index (χ2v) is 4.94. The van der Waals surface area contributed by atoms with Gasteiger partial charge in [-0.25, -0.2) is 14.4 Å². The molecule has 0 amide bonds. The average molecular weight is 353 g/mol. The zero-order valence-electron chi connectivity index (χ0n) is 11.5. The molecule has 0 atom stereocenters. The first kappa shape index (κ1) is 18.3. The highest BCUT2D eigenvalue weighted by Gasteiger charge is 2.08. The molecule has 0 bridgehead atoms. The number of carboxylic acid groups (broad SMARTS) is 2. The highest BCUT2D eigenvalue weighted by molar-refractivity contribution is 6.34. The smallest absolute Gasteiger partial charge is 0.337 e. The van der Waals surface area contributed by atoms with Gasteiger partial charge in [-0.1, -0.05) is 35.3 Å². The summed E-state index contributed by atoms with van der Waals surface area (Å²) in [6.07, 6.45) is 0. The van der Waals surface area contributed by atoms with Crippen LogP contribution in [0.5, 0.6) is 0 Å². The molecule has 0 fully saturated rings. The van der Waals surface area contributed by atoms with Gasteiger partial charge in [0.1, 0.15) is 0 Å². The van der Waals surface area contributed by atoms with Crippen molar-refractivity contribution in [1.29, 1.82) is 0 Å². The fraction of sp³-hybridized carbons (Fsp3) is 0. The fourth-order valence-corrected chi connectivity index (χ4v) is 1.85. The Hall–Kier alpha value is -2.75. The molecule has 2 aromatic carbocycles. The van der Waals surface area contributed by atoms with E-state index in [0.29, 0.717) is 5.69 Å². The normalized spacial score (nSPS) is 9.26. The van der Waals surface area contributed by atoms with Gasteiger partial charge >= 0.3 is 11.9 Å². The van der Waals surface area contributed by atoms with Crippen molar-refractivity contribution >= 4 is 46.5 Å². The van der Waals surface area contributed by atoms with E-state index in [2.05, 4.69) is 4.85 Å². The van der Waals surface area contributed by atoms with Crippen molar-refractivity contribution in [3.63, 3.8) is 0 Å². The fourth-order valence-electron chi connectivity index (χ4n) is 1.45. The summed E-state index contributed by atoms with van der Waals surface area (Å²) >= 11 is 11.1. The van der Waals surface area contributed by atoms with Crippen LogP contribution in [0.4, 0.5) is 11.4 Å². The number of halogens is 2. The summed E-state index contributed by atoms with van der Waals surface area (Å²) < 4.78 is 0. The molecule has 2 rings (SSSR count).